The number of aromatic nitrogens is 2. The first-order valence-electron chi connectivity index (χ1n) is 5.05. The third kappa shape index (κ3) is 3.26. The summed E-state index contributed by atoms with van der Waals surface area (Å²) in [7, 11) is 1.90. The molecule has 0 spiro atoms. The van der Waals surface area contributed by atoms with Crippen LogP contribution in [0, 0.1) is 11.3 Å². The van der Waals surface area contributed by atoms with Crippen molar-refractivity contribution in [3.8, 4) is 6.07 Å². The van der Waals surface area contributed by atoms with Gasteiger partial charge in [0.05, 0.1) is 12.3 Å². The highest BCUT2D eigenvalue weighted by Gasteiger charge is 2.24. The van der Waals surface area contributed by atoms with Crippen LogP contribution in [0.2, 0.25) is 0 Å². The number of rotatable bonds is 5. The van der Waals surface area contributed by atoms with E-state index in [-0.39, 0.29) is 6.04 Å². The zero-order valence-electron chi connectivity index (χ0n) is 8.68. The molecule has 5 heteroatoms. The van der Waals surface area contributed by atoms with Gasteiger partial charge in [-0.25, -0.2) is 0 Å². The average molecular weight is 222 g/mol. The molecule has 80 valence electrons. The first-order chi connectivity index (χ1) is 7.28. The van der Waals surface area contributed by atoms with Gasteiger partial charge in [0.1, 0.15) is 6.04 Å². The van der Waals surface area contributed by atoms with Gasteiger partial charge in [-0.3, -0.25) is 10.00 Å². The van der Waals surface area contributed by atoms with E-state index < -0.39 is 0 Å². The normalized spacial score (nSPS) is 17.3. The lowest BCUT2D eigenvalue weighted by molar-refractivity contribution is 0.644. The SMILES string of the molecule is Cn1cc(SCC(C#N)NC2CC2)cn1. The van der Waals surface area contributed by atoms with E-state index in [1.165, 1.54) is 12.8 Å². The first-order valence-corrected chi connectivity index (χ1v) is 6.03. The predicted octanol–water partition coefficient (Wildman–Crippen LogP) is 1.16. The standard InChI is InChI=1S/C10H14N4S/c1-14-6-10(5-12-14)15-7-9(4-11)13-8-2-3-8/h5-6,8-9,13H,2-3,7H2,1H3. The Morgan fingerprint density at radius 3 is 3.13 bits per heavy atom. The van der Waals surface area contributed by atoms with Crippen molar-refractivity contribution in [3.05, 3.63) is 12.4 Å². The molecule has 0 radical (unpaired) electrons. The van der Waals surface area contributed by atoms with Gasteiger partial charge < -0.3 is 0 Å². The van der Waals surface area contributed by atoms with E-state index in [2.05, 4.69) is 16.5 Å². The molecule has 2 rings (SSSR count). The summed E-state index contributed by atoms with van der Waals surface area (Å²) in [6.45, 7) is 0. The molecule has 1 heterocycles. The summed E-state index contributed by atoms with van der Waals surface area (Å²) in [5.41, 5.74) is 0. The summed E-state index contributed by atoms with van der Waals surface area (Å²) in [6.07, 6.45) is 6.23. The molecule has 1 aromatic rings. The largest absolute Gasteiger partial charge is 0.298 e. The molecule has 4 nitrogen and oxygen atoms in total. The van der Waals surface area contributed by atoms with Gasteiger partial charge in [0.2, 0.25) is 0 Å². The maximum absolute atomic E-state index is 8.94. The van der Waals surface area contributed by atoms with Crippen molar-refractivity contribution in [2.24, 2.45) is 7.05 Å². The maximum atomic E-state index is 8.94. The minimum absolute atomic E-state index is 0.0392. The van der Waals surface area contributed by atoms with Crippen molar-refractivity contribution >= 4 is 11.8 Å². The van der Waals surface area contributed by atoms with Crippen LogP contribution in [-0.2, 0) is 7.05 Å². The summed E-state index contributed by atoms with van der Waals surface area (Å²) < 4.78 is 1.78. The van der Waals surface area contributed by atoms with Gasteiger partial charge in [0.15, 0.2) is 0 Å². The molecular weight excluding hydrogens is 208 g/mol. The van der Waals surface area contributed by atoms with Crippen molar-refractivity contribution < 1.29 is 0 Å². The van der Waals surface area contributed by atoms with E-state index in [0.29, 0.717) is 6.04 Å². The highest BCUT2D eigenvalue weighted by molar-refractivity contribution is 7.99. The third-order valence-corrected chi connectivity index (χ3v) is 3.31. The topological polar surface area (TPSA) is 53.6 Å². The van der Waals surface area contributed by atoms with Gasteiger partial charge in [-0.1, -0.05) is 0 Å². The number of aryl methyl sites for hydroxylation is 1. The molecule has 0 aromatic carbocycles. The maximum Gasteiger partial charge on any atom is 0.105 e. The summed E-state index contributed by atoms with van der Waals surface area (Å²) in [5, 5.41) is 16.3. The number of hydrogen-bond acceptors (Lipinski definition) is 4. The number of nitriles is 1. The minimum atomic E-state index is -0.0392. The molecule has 0 aliphatic heterocycles. The zero-order chi connectivity index (χ0) is 10.7. The summed E-state index contributed by atoms with van der Waals surface area (Å²) >= 11 is 1.68. The summed E-state index contributed by atoms with van der Waals surface area (Å²) in [4.78, 5) is 1.12. The van der Waals surface area contributed by atoms with Crippen molar-refractivity contribution in [3.63, 3.8) is 0 Å². The summed E-state index contributed by atoms with van der Waals surface area (Å²) in [5.74, 6) is 0.790. The number of nitrogens with one attached hydrogen (secondary N) is 1. The van der Waals surface area contributed by atoms with Crippen LogP contribution < -0.4 is 5.32 Å². The second-order valence-corrected chi connectivity index (χ2v) is 4.88. The van der Waals surface area contributed by atoms with Crippen molar-refractivity contribution in [2.45, 2.75) is 29.8 Å². The predicted molar refractivity (Wildman–Crippen MR) is 59.5 cm³/mol. The monoisotopic (exact) mass is 222 g/mol. The number of hydrogen-bond donors (Lipinski definition) is 1. The minimum Gasteiger partial charge on any atom is -0.298 e. The Balaban J connectivity index is 1.77. The average Bonchev–Trinajstić information content (AvgIpc) is 2.95. The van der Waals surface area contributed by atoms with Crippen LogP contribution in [0.5, 0.6) is 0 Å². The molecule has 1 saturated carbocycles. The van der Waals surface area contributed by atoms with E-state index in [1.54, 1.807) is 16.4 Å². The first kappa shape index (κ1) is 10.5. The van der Waals surface area contributed by atoms with E-state index in [0.717, 1.165) is 10.6 Å². The number of nitrogens with zero attached hydrogens (tertiary/aromatic N) is 3. The Labute approximate surface area is 93.7 Å². The van der Waals surface area contributed by atoms with Gasteiger partial charge in [-0.15, -0.1) is 11.8 Å². The molecule has 1 aliphatic carbocycles. The van der Waals surface area contributed by atoms with Gasteiger partial charge in [0.25, 0.3) is 0 Å². The van der Waals surface area contributed by atoms with Crippen molar-refractivity contribution in [1.82, 2.24) is 15.1 Å². The fourth-order valence-electron chi connectivity index (χ4n) is 1.31. The van der Waals surface area contributed by atoms with Crippen LogP contribution in [0.3, 0.4) is 0 Å². The Morgan fingerprint density at radius 2 is 2.60 bits per heavy atom. The molecule has 1 fully saturated rings. The van der Waals surface area contributed by atoms with Gasteiger partial charge in [-0.2, -0.15) is 10.4 Å². The van der Waals surface area contributed by atoms with E-state index in [4.69, 9.17) is 5.26 Å². The second-order valence-electron chi connectivity index (χ2n) is 3.78. The number of thioether (sulfide) groups is 1. The molecule has 1 aliphatic rings. The Hall–Kier alpha value is -0.990. The highest BCUT2D eigenvalue weighted by Crippen LogP contribution is 2.22. The highest BCUT2D eigenvalue weighted by atomic mass is 32.2. The molecular formula is C10H14N4S. The molecule has 0 bridgehead atoms. The van der Waals surface area contributed by atoms with E-state index in [1.807, 2.05) is 19.4 Å². The van der Waals surface area contributed by atoms with Crippen LogP contribution in [-0.4, -0.2) is 27.6 Å². The van der Waals surface area contributed by atoms with Crippen molar-refractivity contribution in [1.29, 1.82) is 5.26 Å². The Bertz CT molecular complexity index is 364. The van der Waals surface area contributed by atoms with Crippen LogP contribution in [0.1, 0.15) is 12.8 Å². The zero-order valence-corrected chi connectivity index (χ0v) is 9.50. The fraction of sp³-hybridized carbons (Fsp3) is 0.600. The third-order valence-electron chi connectivity index (χ3n) is 2.27. The molecule has 1 unspecified atom stereocenters. The van der Waals surface area contributed by atoms with E-state index in [9.17, 15) is 0 Å². The van der Waals surface area contributed by atoms with Crippen LogP contribution in [0.15, 0.2) is 17.3 Å². The molecule has 1 N–H and O–H groups in total. The molecule has 1 aromatic heterocycles. The molecule has 1 atom stereocenters. The second kappa shape index (κ2) is 4.69. The van der Waals surface area contributed by atoms with Crippen molar-refractivity contribution in [2.75, 3.05) is 5.75 Å². The summed E-state index contributed by atoms with van der Waals surface area (Å²) in [6, 6.07) is 2.84. The molecule has 15 heavy (non-hydrogen) atoms. The van der Waals surface area contributed by atoms with Gasteiger partial charge in [-0.05, 0) is 12.8 Å². The van der Waals surface area contributed by atoms with E-state index >= 15 is 0 Å². The van der Waals surface area contributed by atoms with Gasteiger partial charge in [0, 0.05) is 29.9 Å². The lowest BCUT2D eigenvalue weighted by atomic mass is 10.4. The van der Waals surface area contributed by atoms with Crippen LogP contribution in [0.25, 0.3) is 0 Å². The van der Waals surface area contributed by atoms with Crippen LogP contribution >= 0.6 is 11.8 Å². The Kier molecular flexibility index (Phi) is 3.29. The quantitative estimate of drug-likeness (QED) is 0.759. The van der Waals surface area contributed by atoms with Crippen LogP contribution in [0.4, 0.5) is 0 Å². The lowest BCUT2D eigenvalue weighted by Crippen LogP contribution is -2.31. The molecule has 0 saturated heterocycles. The lowest BCUT2D eigenvalue weighted by Gasteiger charge is -2.08. The smallest absolute Gasteiger partial charge is 0.105 e. The fourth-order valence-corrected chi connectivity index (χ4v) is 2.19. The Morgan fingerprint density at radius 1 is 1.80 bits per heavy atom. The van der Waals surface area contributed by atoms with Gasteiger partial charge >= 0.3 is 0 Å². The molecule has 0 amide bonds.